The topological polar surface area (TPSA) is 32.8 Å². The molecular formula is C16H19N3. The summed E-state index contributed by atoms with van der Waals surface area (Å²) in [5, 5.41) is 4.83. The van der Waals surface area contributed by atoms with E-state index in [9.17, 15) is 0 Å². The largest absolute Gasteiger partial charge is 0.361 e. The molecule has 0 bridgehead atoms. The first kappa shape index (κ1) is 12.1. The number of nitrogens with zero attached hydrogens (tertiary/aromatic N) is 1. The summed E-state index contributed by atoms with van der Waals surface area (Å²) in [4.78, 5) is 3.32. The second-order valence-electron chi connectivity index (χ2n) is 4.97. The second-order valence-corrected chi connectivity index (χ2v) is 4.97. The Morgan fingerprint density at radius 2 is 2.11 bits per heavy atom. The van der Waals surface area contributed by atoms with Crippen molar-refractivity contribution in [2.75, 3.05) is 6.54 Å². The van der Waals surface area contributed by atoms with Crippen LogP contribution in [0.5, 0.6) is 0 Å². The molecular weight excluding hydrogens is 234 g/mol. The molecule has 0 spiro atoms. The van der Waals surface area contributed by atoms with E-state index in [-0.39, 0.29) is 0 Å². The number of hydrogen-bond acceptors (Lipinski definition) is 1. The Morgan fingerprint density at radius 1 is 1.21 bits per heavy atom. The SMILES string of the molecule is Cn1ccc(CNCCc2c[nH]c3ccccc23)c1. The van der Waals surface area contributed by atoms with Crippen molar-refractivity contribution in [2.45, 2.75) is 13.0 Å². The predicted molar refractivity (Wildman–Crippen MR) is 79.1 cm³/mol. The number of rotatable bonds is 5. The van der Waals surface area contributed by atoms with Gasteiger partial charge in [0.05, 0.1) is 0 Å². The lowest BCUT2D eigenvalue weighted by Crippen LogP contribution is -2.16. The quantitative estimate of drug-likeness (QED) is 0.673. The molecule has 0 radical (unpaired) electrons. The highest BCUT2D eigenvalue weighted by molar-refractivity contribution is 5.83. The van der Waals surface area contributed by atoms with Crippen molar-refractivity contribution in [1.29, 1.82) is 0 Å². The number of aromatic nitrogens is 2. The number of aromatic amines is 1. The van der Waals surface area contributed by atoms with Crippen LogP contribution in [0.25, 0.3) is 10.9 Å². The maximum absolute atomic E-state index is 3.49. The van der Waals surface area contributed by atoms with Gasteiger partial charge < -0.3 is 14.9 Å². The maximum Gasteiger partial charge on any atom is 0.0456 e. The number of H-pyrrole nitrogens is 1. The minimum Gasteiger partial charge on any atom is -0.361 e. The van der Waals surface area contributed by atoms with E-state index in [0.29, 0.717) is 0 Å². The molecule has 2 aromatic heterocycles. The molecule has 1 aromatic carbocycles. The van der Waals surface area contributed by atoms with Crippen LogP contribution >= 0.6 is 0 Å². The van der Waals surface area contributed by atoms with Crippen LogP contribution in [-0.2, 0) is 20.0 Å². The highest BCUT2D eigenvalue weighted by atomic mass is 14.9. The van der Waals surface area contributed by atoms with E-state index < -0.39 is 0 Å². The van der Waals surface area contributed by atoms with E-state index in [4.69, 9.17) is 0 Å². The van der Waals surface area contributed by atoms with Crippen molar-refractivity contribution < 1.29 is 0 Å². The van der Waals surface area contributed by atoms with Crippen molar-refractivity contribution in [1.82, 2.24) is 14.9 Å². The van der Waals surface area contributed by atoms with Crippen molar-refractivity contribution in [3.05, 3.63) is 60.0 Å². The Morgan fingerprint density at radius 3 is 2.95 bits per heavy atom. The maximum atomic E-state index is 3.49. The molecule has 0 saturated carbocycles. The standard InChI is InChI=1S/C16H19N3/c1-19-9-7-13(12-19)10-17-8-6-14-11-18-16-5-3-2-4-15(14)16/h2-5,7,9,11-12,17-18H,6,8,10H2,1H3. The highest BCUT2D eigenvalue weighted by Crippen LogP contribution is 2.17. The molecule has 2 heterocycles. The van der Waals surface area contributed by atoms with Crippen molar-refractivity contribution in [3.8, 4) is 0 Å². The molecule has 19 heavy (non-hydrogen) atoms. The monoisotopic (exact) mass is 253 g/mol. The molecule has 0 fully saturated rings. The first-order valence-electron chi connectivity index (χ1n) is 6.69. The van der Waals surface area contributed by atoms with Gasteiger partial charge in [-0.1, -0.05) is 18.2 Å². The molecule has 3 nitrogen and oxygen atoms in total. The Bertz CT molecular complexity index is 663. The Kier molecular flexibility index (Phi) is 3.38. The van der Waals surface area contributed by atoms with Crippen molar-refractivity contribution in [2.24, 2.45) is 7.05 Å². The zero-order chi connectivity index (χ0) is 13.1. The van der Waals surface area contributed by atoms with E-state index in [2.05, 4.69) is 70.8 Å². The summed E-state index contributed by atoms with van der Waals surface area (Å²) < 4.78 is 2.08. The summed E-state index contributed by atoms with van der Waals surface area (Å²) in [6.07, 6.45) is 7.40. The molecule has 3 heteroatoms. The lowest BCUT2D eigenvalue weighted by Gasteiger charge is -2.02. The summed E-state index contributed by atoms with van der Waals surface area (Å²) in [6.45, 7) is 1.93. The molecule has 0 unspecified atom stereocenters. The lowest BCUT2D eigenvalue weighted by molar-refractivity contribution is 0.687. The molecule has 3 rings (SSSR count). The summed E-state index contributed by atoms with van der Waals surface area (Å²) in [5.74, 6) is 0. The Hall–Kier alpha value is -2.00. The average molecular weight is 253 g/mol. The van der Waals surface area contributed by atoms with E-state index in [1.807, 2.05) is 0 Å². The third kappa shape index (κ3) is 2.71. The number of benzene rings is 1. The minimum absolute atomic E-state index is 0.934. The van der Waals surface area contributed by atoms with Crippen LogP contribution in [0.15, 0.2) is 48.9 Å². The van der Waals surface area contributed by atoms with Crippen molar-refractivity contribution in [3.63, 3.8) is 0 Å². The van der Waals surface area contributed by atoms with Gasteiger partial charge in [0.25, 0.3) is 0 Å². The van der Waals surface area contributed by atoms with Gasteiger partial charge in [0, 0.05) is 43.1 Å². The van der Waals surface area contributed by atoms with Gasteiger partial charge in [0.15, 0.2) is 0 Å². The van der Waals surface area contributed by atoms with Crippen LogP contribution < -0.4 is 5.32 Å². The fourth-order valence-electron chi connectivity index (χ4n) is 2.46. The molecule has 0 amide bonds. The summed E-state index contributed by atoms with van der Waals surface area (Å²) >= 11 is 0. The second kappa shape index (κ2) is 5.33. The molecule has 0 atom stereocenters. The number of nitrogens with one attached hydrogen (secondary N) is 2. The average Bonchev–Trinajstić information content (AvgIpc) is 3.02. The number of aryl methyl sites for hydroxylation is 1. The molecule has 0 aliphatic carbocycles. The summed E-state index contributed by atoms with van der Waals surface area (Å²) in [5.41, 5.74) is 3.94. The third-order valence-electron chi connectivity index (χ3n) is 3.47. The van der Waals surface area contributed by atoms with Gasteiger partial charge in [0.1, 0.15) is 0 Å². The van der Waals surface area contributed by atoms with Gasteiger partial charge in [-0.05, 0) is 36.2 Å². The van der Waals surface area contributed by atoms with Gasteiger partial charge in [-0.15, -0.1) is 0 Å². The number of para-hydroxylation sites is 1. The Balaban J connectivity index is 1.55. The summed E-state index contributed by atoms with van der Waals surface area (Å²) in [6, 6.07) is 10.6. The zero-order valence-corrected chi connectivity index (χ0v) is 11.2. The van der Waals surface area contributed by atoms with Crippen LogP contribution in [0, 0.1) is 0 Å². The van der Waals surface area contributed by atoms with Crippen LogP contribution in [0.2, 0.25) is 0 Å². The molecule has 98 valence electrons. The first-order chi connectivity index (χ1) is 9.33. The van der Waals surface area contributed by atoms with Gasteiger partial charge in [0.2, 0.25) is 0 Å². The third-order valence-corrected chi connectivity index (χ3v) is 3.47. The molecule has 2 N–H and O–H groups in total. The normalized spacial score (nSPS) is 11.2. The smallest absolute Gasteiger partial charge is 0.0456 e. The summed E-state index contributed by atoms with van der Waals surface area (Å²) in [7, 11) is 2.05. The van der Waals surface area contributed by atoms with E-state index in [1.54, 1.807) is 0 Å². The molecule has 0 saturated heterocycles. The number of hydrogen-bond donors (Lipinski definition) is 2. The Labute approximate surface area is 113 Å². The van der Waals surface area contributed by atoms with Gasteiger partial charge >= 0.3 is 0 Å². The predicted octanol–water partition coefficient (Wildman–Crippen LogP) is 2.84. The fourth-order valence-corrected chi connectivity index (χ4v) is 2.46. The van der Waals surface area contributed by atoms with Crippen LogP contribution in [0.3, 0.4) is 0 Å². The van der Waals surface area contributed by atoms with E-state index in [0.717, 1.165) is 19.5 Å². The van der Waals surface area contributed by atoms with E-state index in [1.165, 1.54) is 22.0 Å². The van der Waals surface area contributed by atoms with Gasteiger partial charge in [-0.25, -0.2) is 0 Å². The minimum atomic E-state index is 0.934. The zero-order valence-electron chi connectivity index (χ0n) is 11.2. The number of fused-ring (bicyclic) bond motifs is 1. The van der Waals surface area contributed by atoms with E-state index >= 15 is 0 Å². The highest BCUT2D eigenvalue weighted by Gasteiger charge is 2.02. The van der Waals surface area contributed by atoms with Crippen LogP contribution in [0.4, 0.5) is 0 Å². The van der Waals surface area contributed by atoms with Gasteiger partial charge in [-0.2, -0.15) is 0 Å². The van der Waals surface area contributed by atoms with Crippen molar-refractivity contribution >= 4 is 10.9 Å². The van der Waals surface area contributed by atoms with Crippen LogP contribution in [-0.4, -0.2) is 16.1 Å². The molecule has 0 aliphatic heterocycles. The lowest BCUT2D eigenvalue weighted by atomic mass is 10.1. The van der Waals surface area contributed by atoms with Crippen LogP contribution in [0.1, 0.15) is 11.1 Å². The first-order valence-corrected chi connectivity index (χ1v) is 6.69. The van der Waals surface area contributed by atoms with Gasteiger partial charge in [-0.3, -0.25) is 0 Å². The fraction of sp³-hybridized carbons (Fsp3) is 0.250. The molecule has 3 aromatic rings. The molecule has 0 aliphatic rings.